The van der Waals surface area contributed by atoms with Gasteiger partial charge in [-0.15, -0.1) is 11.3 Å². The third kappa shape index (κ3) is 3.94. The highest BCUT2D eigenvalue weighted by molar-refractivity contribution is 7.07. The van der Waals surface area contributed by atoms with Crippen LogP contribution in [0.1, 0.15) is 11.5 Å². The van der Waals surface area contributed by atoms with E-state index in [4.69, 9.17) is 13.6 Å². The number of carbonyl (C=O) groups excluding carboxylic acids is 1. The van der Waals surface area contributed by atoms with Gasteiger partial charge in [0.2, 0.25) is 0 Å². The van der Waals surface area contributed by atoms with Crippen LogP contribution in [0.5, 0.6) is 0 Å². The highest BCUT2D eigenvalue weighted by Crippen LogP contribution is 2.07. The Bertz CT molecular complexity index is 1210. The first-order chi connectivity index (χ1) is 14.2. The van der Waals surface area contributed by atoms with Crippen LogP contribution in [0.15, 0.2) is 50.4 Å². The summed E-state index contributed by atoms with van der Waals surface area (Å²) in [5, 5.41) is 9.76. The second-order valence-corrected chi connectivity index (χ2v) is 7.32. The maximum absolute atomic E-state index is 13.1. The smallest absolute Gasteiger partial charge is 0.269 e. The first-order valence-corrected chi connectivity index (χ1v) is 9.77. The zero-order valence-corrected chi connectivity index (χ0v) is 16.2. The highest BCUT2D eigenvalue weighted by Gasteiger charge is 2.23. The van der Waals surface area contributed by atoms with Crippen LogP contribution in [0.25, 0.3) is 11.6 Å². The Morgan fingerprint density at radius 3 is 2.62 bits per heavy atom. The summed E-state index contributed by atoms with van der Waals surface area (Å²) in [5.74, 6) is 0.652. The maximum Gasteiger partial charge on any atom is 0.269 e. The van der Waals surface area contributed by atoms with Crippen LogP contribution in [-0.2, 0) is 16.1 Å². The van der Waals surface area contributed by atoms with Crippen molar-refractivity contribution in [1.82, 2.24) is 9.47 Å². The van der Waals surface area contributed by atoms with Crippen molar-refractivity contribution in [3.63, 3.8) is 0 Å². The van der Waals surface area contributed by atoms with E-state index in [0.717, 1.165) is 11.3 Å². The number of rotatable bonds is 4. The molecule has 0 bridgehead atoms. The minimum atomic E-state index is -0.408. The van der Waals surface area contributed by atoms with Crippen LogP contribution < -0.4 is 14.8 Å². The molecule has 3 aromatic rings. The molecule has 0 unspecified atom stereocenters. The molecule has 3 aromatic heterocycles. The SMILES string of the molecule is N#C/C(C(=O)N1CCOCC1)=c1\s/c(=C/c2ccco2)c(=O)n1Cc1ccco1. The summed E-state index contributed by atoms with van der Waals surface area (Å²) >= 11 is 1.09. The number of nitriles is 1. The molecular weight excluding hydrogens is 394 g/mol. The maximum atomic E-state index is 13.1. The van der Waals surface area contributed by atoms with Gasteiger partial charge in [-0.25, -0.2) is 0 Å². The number of hydrogen-bond donors (Lipinski definition) is 0. The van der Waals surface area contributed by atoms with Crippen LogP contribution >= 0.6 is 11.3 Å². The van der Waals surface area contributed by atoms with E-state index in [1.165, 1.54) is 17.1 Å². The quantitative estimate of drug-likeness (QED) is 0.620. The number of furan rings is 2. The average molecular weight is 411 g/mol. The third-order valence-corrected chi connectivity index (χ3v) is 5.59. The largest absolute Gasteiger partial charge is 0.467 e. The lowest BCUT2D eigenvalue weighted by Gasteiger charge is -2.26. The van der Waals surface area contributed by atoms with Crippen molar-refractivity contribution in [1.29, 1.82) is 5.26 Å². The number of nitrogens with zero attached hydrogens (tertiary/aromatic N) is 3. The fourth-order valence-corrected chi connectivity index (χ4v) is 4.10. The number of carbonyl (C=O) groups is 1. The Hall–Kier alpha value is -3.35. The predicted octanol–water partition coefficient (Wildman–Crippen LogP) is 0.506. The summed E-state index contributed by atoms with van der Waals surface area (Å²) in [6.45, 7) is 1.77. The molecular formula is C20H17N3O5S. The minimum absolute atomic E-state index is 0.0698. The molecule has 29 heavy (non-hydrogen) atoms. The van der Waals surface area contributed by atoms with E-state index in [2.05, 4.69) is 0 Å². The van der Waals surface area contributed by atoms with E-state index < -0.39 is 5.91 Å². The molecule has 0 aromatic carbocycles. The molecule has 0 saturated carbocycles. The minimum Gasteiger partial charge on any atom is -0.467 e. The Morgan fingerprint density at radius 2 is 1.97 bits per heavy atom. The fraction of sp³-hybridized carbons (Fsp3) is 0.250. The van der Waals surface area contributed by atoms with Crippen LogP contribution in [0.4, 0.5) is 0 Å². The second-order valence-electron chi connectivity index (χ2n) is 6.29. The molecule has 0 spiro atoms. The molecule has 9 heteroatoms. The van der Waals surface area contributed by atoms with Crippen LogP contribution in [-0.4, -0.2) is 41.7 Å². The van der Waals surface area contributed by atoms with Crippen molar-refractivity contribution < 1.29 is 18.4 Å². The lowest BCUT2D eigenvalue weighted by atomic mass is 10.2. The predicted molar refractivity (Wildman–Crippen MR) is 104 cm³/mol. The molecule has 1 saturated heterocycles. The first-order valence-electron chi connectivity index (χ1n) is 8.96. The van der Waals surface area contributed by atoms with E-state index in [9.17, 15) is 14.9 Å². The number of aromatic nitrogens is 1. The highest BCUT2D eigenvalue weighted by atomic mass is 32.1. The first kappa shape index (κ1) is 19.0. The molecule has 4 rings (SSSR count). The van der Waals surface area contributed by atoms with Crippen LogP contribution in [0.3, 0.4) is 0 Å². The summed E-state index contributed by atoms with van der Waals surface area (Å²) in [6.07, 6.45) is 4.62. The van der Waals surface area contributed by atoms with Crippen molar-refractivity contribution in [2.75, 3.05) is 26.3 Å². The van der Waals surface area contributed by atoms with Crippen LogP contribution in [0.2, 0.25) is 0 Å². The third-order valence-electron chi connectivity index (χ3n) is 4.46. The Morgan fingerprint density at radius 1 is 1.21 bits per heavy atom. The zero-order chi connectivity index (χ0) is 20.2. The zero-order valence-electron chi connectivity index (χ0n) is 15.4. The van der Waals surface area contributed by atoms with Gasteiger partial charge >= 0.3 is 0 Å². The van der Waals surface area contributed by atoms with Crippen molar-refractivity contribution >= 4 is 28.9 Å². The molecule has 0 atom stereocenters. The Balaban J connectivity index is 1.90. The summed E-state index contributed by atoms with van der Waals surface area (Å²) in [4.78, 5) is 27.6. The molecule has 1 aliphatic rings. The summed E-state index contributed by atoms with van der Waals surface area (Å²) in [6, 6.07) is 8.90. The number of thiazole rings is 1. The Kier molecular flexibility index (Phi) is 5.46. The van der Waals surface area contributed by atoms with E-state index in [1.54, 1.807) is 35.2 Å². The van der Waals surface area contributed by atoms with Gasteiger partial charge in [0.1, 0.15) is 22.3 Å². The van der Waals surface area contributed by atoms with Gasteiger partial charge in [0.15, 0.2) is 5.57 Å². The van der Waals surface area contributed by atoms with Crippen molar-refractivity contribution in [3.8, 4) is 6.07 Å². The lowest BCUT2D eigenvalue weighted by molar-refractivity contribution is -0.128. The van der Waals surface area contributed by atoms with E-state index in [1.807, 2.05) is 6.07 Å². The van der Waals surface area contributed by atoms with Gasteiger partial charge in [0.25, 0.3) is 11.5 Å². The van der Waals surface area contributed by atoms with Crippen molar-refractivity contribution in [3.05, 3.63) is 67.9 Å². The monoisotopic (exact) mass is 411 g/mol. The second kappa shape index (κ2) is 8.34. The van der Waals surface area contributed by atoms with E-state index in [-0.39, 0.29) is 17.7 Å². The van der Waals surface area contributed by atoms with Gasteiger partial charge in [0, 0.05) is 19.2 Å². The van der Waals surface area contributed by atoms with E-state index in [0.29, 0.717) is 47.0 Å². The molecule has 0 aliphatic carbocycles. The molecule has 148 valence electrons. The molecule has 4 heterocycles. The Labute approximate surface area is 169 Å². The van der Waals surface area contributed by atoms with Gasteiger partial charge in [-0.3, -0.25) is 14.2 Å². The van der Waals surface area contributed by atoms with Gasteiger partial charge < -0.3 is 18.5 Å². The van der Waals surface area contributed by atoms with Crippen molar-refractivity contribution in [2.24, 2.45) is 0 Å². The van der Waals surface area contributed by atoms with Gasteiger partial charge in [-0.05, 0) is 24.3 Å². The standard InChI is InChI=1S/C20H17N3O5S/c21-12-16(18(24)22-5-9-26-10-6-22)20-23(13-15-4-2-8-28-15)19(25)17(29-20)11-14-3-1-7-27-14/h1-4,7-8,11H,5-6,9-10,13H2/b17-11+,20-16+. The number of amides is 1. The van der Waals surface area contributed by atoms with Gasteiger partial charge in [0.05, 0.1) is 36.8 Å². The average Bonchev–Trinajstić information content (AvgIpc) is 3.50. The lowest BCUT2D eigenvalue weighted by Crippen LogP contribution is -2.43. The molecule has 8 nitrogen and oxygen atoms in total. The summed E-state index contributed by atoms with van der Waals surface area (Å²) in [7, 11) is 0. The normalized spacial score (nSPS) is 16.0. The topological polar surface area (TPSA) is 102 Å². The fourth-order valence-electron chi connectivity index (χ4n) is 3.02. The summed E-state index contributed by atoms with van der Waals surface area (Å²) in [5.41, 5.74) is -0.389. The van der Waals surface area contributed by atoms with E-state index >= 15 is 0 Å². The molecule has 0 radical (unpaired) electrons. The van der Waals surface area contributed by atoms with Gasteiger partial charge in [-0.2, -0.15) is 5.26 Å². The molecule has 1 aliphatic heterocycles. The molecule has 1 fully saturated rings. The van der Waals surface area contributed by atoms with Crippen LogP contribution in [0, 0.1) is 11.3 Å². The number of morpholine rings is 1. The number of ether oxygens (including phenoxy) is 1. The van der Waals surface area contributed by atoms with Crippen molar-refractivity contribution in [2.45, 2.75) is 6.54 Å². The molecule has 0 N–H and O–H groups in total. The summed E-state index contributed by atoms with van der Waals surface area (Å²) < 4.78 is 18.0. The van der Waals surface area contributed by atoms with Gasteiger partial charge in [-0.1, -0.05) is 0 Å². The molecule has 1 amide bonds. The number of hydrogen-bond acceptors (Lipinski definition) is 7.